The van der Waals surface area contributed by atoms with E-state index < -0.39 is 0 Å². The first kappa shape index (κ1) is 10.0. The largest absolute Gasteiger partial charge is 0.405 e. The van der Waals surface area contributed by atoms with E-state index in [0.717, 1.165) is 18.4 Å². The van der Waals surface area contributed by atoms with Crippen LogP contribution in [0.2, 0.25) is 0 Å². The molecule has 0 aliphatic heterocycles. The van der Waals surface area contributed by atoms with Gasteiger partial charge in [-0.2, -0.15) is 0 Å². The Balaban J connectivity index is 4.22. The van der Waals surface area contributed by atoms with Gasteiger partial charge in [-0.25, -0.2) is 0 Å². The lowest BCUT2D eigenvalue weighted by atomic mass is 10.1. The molecule has 0 aliphatic rings. The molecule has 11 heavy (non-hydrogen) atoms. The average Bonchev–Trinajstić information content (AvgIpc) is 2.03. The van der Waals surface area contributed by atoms with Gasteiger partial charge in [0.2, 0.25) is 0 Å². The first-order valence-corrected chi connectivity index (χ1v) is 4.01. The SMILES string of the molecule is C=C(/C=C(\C=C/N)CC)CC. The van der Waals surface area contributed by atoms with Crippen molar-refractivity contribution in [3.05, 3.63) is 36.1 Å². The number of nitrogens with two attached hydrogens (primary N) is 1. The van der Waals surface area contributed by atoms with Gasteiger partial charge < -0.3 is 5.73 Å². The molecule has 0 atom stereocenters. The normalized spacial score (nSPS) is 12.4. The van der Waals surface area contributed by atoms with Crippen LogP contribution in [0.25, 0.3) is 0 Å². The smallest absolute Gasteiger partial charge is 0.00596 e. The lowest BCUT2D eigenvalue weighted by Crippen LogP contribution is -1.82. The minimum Gasteiger partial charge on any atom is -0.405 e. The van der Waals surface area contributed by atoms with Gasteiger partial charge in [0.1, 0.15) is 0 Å². The van der Waals surface area contributed by atoms with Gasteiger partial charge in [0.25, 0.3) is 0 Å². The second-order valence-corrected chi connectivity index (χ2v) is 2.44. The van der Waals surface area contributed by atoms with E-state index in [1.165, 1.54) is 5.57 Å². The Kier molecular flexibility index (Phi) is 5.26. The Hall–Kier alpha value is -0.980. The van der Waals surface area contributed by atoms with Gasteiger partial charge in [-0.05, 0) is 30.7 Å². The molecular weight excluding hydrogens is 134 g/mol. The molecule has 0 saturated heterocycles. The fourth-order valence-corrected chi connectivity index (χ4v) is 0.756. The summed E-state index contributed by atoms with van der Waals surface area (Å²) in [4.78, 5) is 0. The fraction of sp³-hybridized carbons (Fsp3) is 0.400. The van der Waals surface area contributed by atoms with Crippen LogP contribution < -0.4 is 5.73 Å². The van der Waals surface area contributed by atoms with Gasteiger partial charge in [0.15, 0.2) is 0 Å². The van der Waals surface area contributed by atoms with Crippen LogP contribution in [0.1, 0.15) is 26.7 Å². The minimum absolute atomic E-state index is 1.00. The van der Waals surface area contributed by atoms with E-state index in [2.05, 4.69) is 26.5 Å². The molecule has 0 unspecified atom stereocenters. The van der Waals surface area contributed by atoms with Crippen molar-refractivity contribution in [1.82, 2.24) is 0 Å². The molecule has 0 fully saturated rings. The van der Waals surface area contributed by atoms with Crippen molar-refractivity contribution >= 4 is 0 Å². The van der Waals surface area contributed by atoms with E-state index in [1.54, 1.807) is 6.20 Å². The quantitative estimate of drug-likeness (QED) is 0.614. The molecule has 0 heterocycles. The van der Waals surface area contributed by atoms with E-state index in [9.17, 15) is 0 Å². The molecule has 0 aliphatic carbocycles. The zero-order chi connectivity index (χ0) is 8.69. The topological polar surface area (TPSA) is 26.0 Å². The Bertz CT molecular complexity index is 175. The van der Waals surface area contributed by atoms with E-state index in [4.69, 9.17) is 5.73 Å². The van der Waals surface area contributed by atoms with E-state index >= 15 is 0 Å². The maximum Gasteiger partial charge on any atom is -0.00596 e. The minimum atomic E-state index is 1.00. The molecule has 0 amide bonds. The first-order valence-electron chi connectivity index (χ1n) is 4.01. The molecule has 1 heteroatoms. The second-order valence-electron chi connectivity index (χ2n) is 2.44. The van der Waals surface area contributed by atoms with Crippen molar-refractivity contribution in [2.24, 2.45) is 5.73 Å². The molecule has 2 N–H and O–H groups in total. The highest BCUT2D eigenvalue weighted by molar-refractivity contribution is 5.27. The van der Waals surface area contributed by atoms with Gasteiger partial charge in [-0.15, -0.1) is 0 Å². The summed E-state index contributed by atoms with van der Waals surface area (Å²) >= 11 is 0. The number of rotatable bonds is 4. The van der Waals surface area contributed by atoms with Crippen molar-refractivity contribution in [1.29, 1.82) is 0 Å². The lowest BCUT2D eigenvalue weighted by Gasteiger charge is -1.97. The molecule has 0 aromatic rings. The van der Waals surface area contributed by atoms with Crippen LogP contribution in [-0.4, -0.2) is 0 Å². The lowest BCUT2D eigenvalue weighted by molar-refractivity contribution is 1.10. The van der Waals surface area contributed by atoms with Crippen LogP contribution in [-0.2, 0) is 0 Å². The third-order valence-electron chi connectivity index (χ3n) is 1.56. The highest BCUT2D eigenvalue weighted by Gasteiger charge is 1.88. The second kappa shape index (κ2) is 5.78. The van der Waals surface area contributed by atoms with Crippen LogP contribution in [0, 0.1) is 0 Å². The van der Waals surface area contributed by atoms with E-state index in [-0.39, 0.29) is 0 Å². The van der Waals surface area contributed by atoms with Crippen LogP contribution in [0.3, 0.4) is 0 Å². The molecule has 1 nitrogen and oxygen atoms in total. The number of hydrogen-bond donors (Lipinski definition) is 1. The van der Waals surface area contributed by atoms with Crippen molar-refractivity contribution in [2.45, 2.75) is 26.7 Å². The van der Waals surface area contributed by atoms with Crippen molar-refractivity contribution in [3.8, 4) is 0 Å². The maximum atomic E-state index is 5.27. The van der Waals surface area contributed by atoms with Gasteiger partial charge in [0, 0.05) is 0 Å². The van der Waals surface area contributed by atoms with Gasteiger partial charge in [-0.1, -0.05) is 32.1 Å². The molecule has 0 aromatic heterocycles. The standard InChI is InChI=1S/C10H17N/c1-4-9(3)8-10(5-2)6-7-11/h6-8H,3-5,11H2,1-2H3/b7-6-,10-8-. The molecule has 62 valence electrons. The van der Waals surface area contributed by atoms with Crippen LogP contribution in [0.4, 0.5) is 0 Å². The van der Waals surface area contributed by atoms with Crippen LogP contribution in [0.5, 0.6) is 0 Å². The third kappa shape index (κ3) is 4.43. The maximum absolute atomic E-state index is 5.27. The highest BCUT2D eigenvalue weighted by Crippen LogP contribution is 2.08. The fourth-order valence-electron chi connectivity index (χ4n) is 0.756. The van der Waals surface area contributed by atoms with E-state index in [1.807, 2.05) is 6.08 Å². The highest BCUT2D eigenvalue weighted by atomic mass is 14.5. The summed E-state index contributed by atoms with van der Waals surface area (Å²) in [6.45, 7) is 8.09. The first-order chi connectivity index (χ1) is 5.24. The predicted molar refractivity (Wildman–Crippen MR) is 51.1 cm³/mol. The van der Waals surface area contributed by atoms with Crippen LogP contribution in [0.15, 0.2) is 36.1 Å². The number of hydrogen-bond acceptors (Lipinski definition) is 1. The summed E-state index contributed by atoms with van der Waals surface area (Å²) < 4.78 is 0. The summed E-state index contributed by atoms with van der Waals surface area (Å²) in [5.74, 6) is 0. The molecule has 0 radical (unpaired) electrons. The zero-order valence-corrected chi connectivity index (χ0v) is 7.43. The molecule has 0 rings (SSSR count). The van der Waals surface area contributed by atoms with Crippen molar-refractivity contribution in [2.75, 3.05) is 0 Å². The van der Waals surface area contributed by atoms with Crippen molar-refractivity contribution < 1.29 is 0 Å². The monoisotopic (exact) mass is 151 g/mol. The Morgan fingerprint density at radius 1 is 1.36 bits per heavy atom. The molecular formula is C10H17N. The summed E-state index contributed by atoms with van der Waals surface area (Å²) in [7, 11) is 0. The predicted octanol–water partition coefficient (Wildman–Crippen LogP) is 2.76. The average molecular weight is 151 g/mol. The summed E-state index contributed by atoms with van der Waals surface area (Å²) in [6.07, 6.45) is 7.58. The molecule has 0 spiro atoms. The van der Waals surface area contributed by atoms with E-state index in [0.29, 0.717) is 0 Å². The summed E-state index contributed by atoms with van der Waals surface area (Å²) in [6, 6.07) is 0. The van der Waals surface area contributed by atoms with Gasteiger partial charge >= 0.3 is 0 Å². The third-order valence-corrected chi connectivity index (χ3v) is 1.56. The Labute approximate surface area is 69.3 Å². The van der Waals surface area contributed by atoms with Gasteiger partial charge in [-0.3, -0.25) is 0 Å². The molecule has 0 saturated carbocycles. The zero-order valence-electron chi connectivity index (χ0n) is 7.43. The number of allylic oxidation sites excluding steroid dienone is 4. The Morgan fingerprint density at radius 2 is 2.00 bits per heavy atom. The molecule has 0 aromatic carbocycles. The summed E-state index contributed by atoms with van der Waals surface area (Å²) in [5, 5.41) is 0. The van der Waals surface area contributed by atoms with Crippen LogP contribution >= 0.6 is 0 Å². The summed E-state index contributed by atoms with van der Waals surface area (Å²) in [5.41, 5.74) is 7.66. The molecule has 0 bridgehead atoms. The van der Waals surface area contributed by atoms with Gasteiger partial charge in [0.05, 0.1) is 0 Å². The van der Waals surface area contributed by atoms with Crippen molar-refractivity contribution in [3.63, 3.8) is 0 Å². The Morgan fingerprint density at radius 3 is 2.36 bits per heavy atom.